The summed E-state index contributed by atoms with van der Waals surface area (Å²) in [6, 6.07) is 23.3. The van der Waals surface area contributed by atoms with Crippen LogP contribution in [0.25, 0.3) is 0 Å². The lowest BCUT2D eigenvalue weighted by Crippen LogP contribution is -2.31. The summed E-state index contributed by atoms with van der Waals surface area (Å²) in [6.07, 6.45) is 0.910. The van der Waals surface area contributed by atoms with Crippen molar-refractivity contribution in [2.24, 2.45) is 0 Å². The predicted octanol–water partition coefficient (Wildman–Crippen LogP) is 4.35. The first kappa shape index (κ1) is 20.5. The van der Waals surface area contributed by atoms with Crippen LogP contribution in [-0.4, -0.2) is 25.0 Å². The van der Waals surface area contributed by atoms with E-state index in [4.69, 9.17) is 9.47 Å². The Hall–Kier alpha value is -3.80. The Bertz CT molecular complexity index is 1040. The van der Waals surface area contributed by atoms with Crippen LogP contribution in [0.5, 0.6) is 11.5 Å². The van der Waals surface area contributed by atoms with Crippen molar-refractivity contribution in [2.45, 2.75) is 18.9 Å². The Kier molecular flexibility index (Phi) is 6.47. The number of fused-ring (bicyclic) bond motifs is 1. The molecule has 1 unspecified atom stereocenters. The Morgan fingerprint density at radius 3 is 2.26 bits per heavy atom. The minimum absolute atomic E-state index is 0.0943. The van der Waals surface area contributed by atoms with Gasteiger partial charge < -0.3 is 20.1 Å². The molecule has 0 spiro atoms. The molecular weight excluding hydrogens is 392 g/mol. The summed E-state index contributed by atoms with van der Waals surface area (Å²) in [4.78, 5) is 25.5. The Balaban J connectivity index is 1.47. The van der Waals surface area contributed by atoms with Crippen molar-refractivity contribution in [3.05, 3.63) is 90.0 Å². The maximum atomic E-state index is 12.8. The van der Waals surface area contributed by atoms with Crippen LogP contribution in [0.1, 0.15) is 34.8 Å². The fourth-order valence-corrected chi connectivity index (χ4v) is 3.41. The van der Waals surface area contributed by atoms with Crippen LogP contribution in [0.4, 0.5) is 5.69 Å². The molecule has 1 atom stereocenters. The number of amides is 2. The standard InChI is InChI=1S/C25H24N2O4/c28-24(26-20-12-13-22-23(16-20)31-15-7-14-30-22)17-21(18-8-3-1-4-9-18)27-25(29)19-10-5-2-6-11-19/h1-6,8-13,16,21H,7,14-15,17H2,(H,26,28)(H,27,29). The number of rotatable bonds is 6. The number of benzene rings is 3. The summed E-state index contributed by atoms with van der Waals surface area (Å²) in [6.45, 7) is 1.19. The van der Waals surface area contributed by atoms with Crippen molar-refractivity contribution in [2.75, 3.05) is 18.5 Å². The first-order chi connectivity index (χ1) is 15.2. The molecule has 2 N–H and O–H groups in total. The number of anilines is 1. The summed E-state index contributed by atoms with van der Waals surface area (Å²) in [7, 11) is 0. The average molecular weight is 416 g/mol. The minimum Gasteiger partial charge on any atom is -0.490 e. The van der Waals surface area contributed by atoms with Gasteiger partial charge in [-0.1, -0.05) is 48.5 Å². The lowest BCUT2D eigenvalue weighted by atomic mass is 10.0. The van der Waals surface area contributed by atoms with E-state index in [9.17, 15) is 9.59 Å². The fourth-order valence-electron chi connectivity index (χ4n) is 3.41. The van der Waals surface area contributed by atoms with Crippen molar-refractivity contribution in [3.63, 3.8) is 0 Å². The van der Waals surface area contributed by atoms with Crippen LogP contribution in [0.15, 0.2) is 78.9 Å². The van der Waals surface area contributed by atoms with E-state index in [0.717, 1.165) is 12.0 Å². The first-order valence-corrected chi connectivity index (χ1v) is 10.3. The highest BCUT2D eigenvalue weighted by Gasteiger charge is 2.20. The molecule has 4 rings (SSSR count). The highest BCUT2D eigenvalue weighted by Crippen LogP contribution is 2.32. The lowest BCUT2D eigenvalue weighted by Gasteiger charge is -2.19. The molecule has 3 aromatic rings. The van der Waals surface area contributed by atoms with Gasteiger partial charge in [-0.05, 0) is 29.8 Å². The topological polar surface area (TPSA) is 76.7 Å². The number of nitrogens with one attached hydrogen (secondary N) is 2. The van der Waals surface area contributed by atoms with Gasteiger partial charge in [0, 0.05) is 23.7 Å². The summed E-state index contributed by atoms with van der Waals surface area (Å²) in [5.41, 5.74) is 2.03. The number of carbonyl (C=O) groups excluding carboxylic acids is 2. The number of hydrogen-bond donors (Lipinski definition) is 2. The van der Waals surface area contributed by atoms with Crippen molar-refractivity contribution >= 4 is 17.5 Å². The van der Waals surface area contributed by atoms with E-state index in [2.05, 4.69) is 10.6 Å². The molecule has 6 nitrogen and oxygen atoms in total. The average Bonchev–Trinajstić information content (AvgIpc) is 3.05. The Morgan fingerprint density at radius 1 is 0.839 bits per heavy atom. The molecule has 2 amide bonds. The smallest absolute Gasteiger partial charge is 0.251 e. The second kappa shape index (κ2) is 9.80. The monoisotopic (exact) mass is 416 g/mol. The van der Waals surface area contributed by atoms with Crippen LogP contribution in [0, 0.1) is 0 Å². The molecule has 31 heavy (non-hydrogen) atoms. The molecule has 1 heterocycles. The van der Waals surface area contributed by atoms with Crippen LogP contribution in [0.2, 0.25) is 0 Å². The molecule has 0 fully saturated rings. The lowest BCUT2D eigenvalue weighted by molar-refractivity contribution is -0.116. The third kappa shape index (κ3) is 5.42. The van der Waals surface area contributed by atoms with Crippen LogP contribution in [0.3, 0.4) is 0 Å². The Morgan fingerprint density at radius 2 is 1.52 bits per heavy atom. The molecule has 158 valence electrons. The van der Waals surface area contributed by atoms with Gasteiger partial charge in [-0.3, -0.25) is 9.59 Å². The van der Waals surface area contributed by atoms with Gasteiger partial charge in [0.2, 0.25) is 5.91 Å². The zero-order valence-electron chi connectivity index (χ0n) is 17.0. The molecular formula is C25H24N2O4. The molecule has 0 aliphatic carbocycles. The third-order valence-corrected chi connectivity index (χ3v) is 4.96. The highest BCUT2D eigenvalue weighted by molar-refractivity contribution is 5.96. The second-order valence-electron chi connectivity index (χ2n) is 7.27. The number of carbonyl (C=O) groups is 2. The van der Waals surface area contributed by atoms with Crippen LogP contribution in [-0.2, 0) is 4.79 Å². The molecule has 0 saturated carbocycles. The quantitative estimate of drug-likeness (QED) is 0.626. The van der Waals surface area contributed by atoms with Crippen molar-refractivity contribution in [1.29, 1.82) is 0 Å². The summed E-state index contributed by atoms with van der Waals surface area (Å²) in [5.74, 6) is 0.856. The van der Waals surface area contributed by atoms with E-state index in [1.807, 2.05) is 48.5 Å². The van der Waals surface area contributed by atoms with Gasteiger partial charge in [0.25, 0.3) is 5.91 Å². The molecule has 0 bridgehead atoms. The van der Waals surface area contributed by atoms with E-state index in [1.54, 1.807) is 30.3 Å². The normalized spacial score (nSPS) is 13.5. The fraction of sp³-hybridized carbons (Fsp3) is 0.200. The molecule has 0 radical (unpaired) electrons. The maximum Gasteiger partial charge on any atom is 0.251 e. The molecule has 1 aliphatic heterocycles. The van der Waals surface area contributed by atoms with E-state index >= 15 is 0 Å². The SMILES string of the molecule is O=C(CC(NC(=O)c1ccccc1)c1ccccc1)Nc1ccc2c(c1)OCCCO2. The summed E-state index contributed by atoms with van der Waals surface area (Å²) in [5, 5.41) is 5.88. The molecule has 1 aliphatic rings. The van der Waals surface area contributed by atoms with E-state index in [0.29, 0.717) is 36.0 Å². The van der Waals surface area contributed by atoms with Gasteiger partial charge in [0.05, 0.1) is 25.7 Å². The van der Waals surface area contributed by atoms with Crippen molar-refractivity contribution < 1.29 is 19.1 Å². The van der Waals surface area contributed by atoms with Gasteiger partial charge in [-0.15, -0.1) is 0 Å². The molecule has 3 aromatic carbocycles. The third-order valence-electron chi connectivity index (χ3n) is 4.96. The first-order valence-electron chi connectivity index (χ1n) is 10.3. The van der Waals surface area contributed by atoms with E-state index in [-0.39, 0.29) is 18.2 Å². The molecule has 0 saturated heterocycles. The van der Waals surface area contributed by atoms with Crippen LogP contribution >= 0.6 is 0 Å². The van der Waals surface area contributed by atoms with Gasteiger partial charge >= 0.3 is 0 Å². The number of ether oxygens (including phenoxy) is 2. The zero-order chi connectivity index (χ0) is 21.5. The maximum absolute atomic E-state index is 12.8. The van der Waals surface area contributed by atoms with Crippen LogP contribution < -0.4 is 20.1 Å². The van der Waals surface area contributed by atoms with Gasteiger partial charge in [0.15, 0.2) is 11.5 Å². The van der Waals surface area contributed by atoms with Gasteiger partial charge in [-0.25, -0.2) is 0 Å². The second-order valence-corrected chi connectivity index (χ2v) is 7.27. The van der Waals surface area contributed by atoms with Crippen molar-refractivity contribution in [1.82, 2.24) is 5.32 Å². The van der Waals surface area contributed by atoms with Gasteiger partial charge in [0.1, 0.15) is 0 Å². The number of hydrogen-bond acceptors (Lipinski definition) is 4. The summed E-state index contributed by atoms with van der Waals surface area (Å²) < 4.78 is 11.3. The minimum atomic E-state index is -0.464. The molecule has 0 aromatic heterocycles. The molecule has 6 heteroatoms. The Labute approximate surface area is 181 Å². The zero-order valence-corrected chi connectivity index (χ0v) is 17.0. The highest BCUT2D eigenvalue weighted by atomic mass is 16.5. The summed E-state index contributed by atoms with van der Waals surface area (Å²) >= 11 is 0. The van der Waals surface area contributed by atoms with Crippen molar-refractivity contribution in [3.8, 4) is 11.5 Å². The van der Waals surface area contributed by atoms with E-state index in [1.165, 1.54) is 0 Å². The van der Waals surface area contributed by atoms with Gasteiger partial charge in [-0.2, -0.15) is 0 Å². The largest absolute Gasteiger partial charge is 0.490 e. The van der Waals surface area contributed by atoms with E-state index < -0.39 is 6.04 Å². The predicted molar refractivity (Wildman–Crippen MR) is 118 cm³/mol.